The van der Waals surface area contributed by atoms with Crippen molar-refractivity contribution in [2.24, 2.45) is 10.9 Å². The third-order valence-corrected chi connectivity index (χ3v) is 2.96. The lowest BCUT2D eigenvalue weighted by Crippen LogP contribution is -2.42. The third kappa shape index (κ3) is 2.17. The molecule has 100 valence electrons. The molecule has 7 nitrogen and oxygen atoms in total. The minimum Gasteiger partial charge on any atom is -0.469 e. The zero-order valence-electron chi connectivity index (χ0n) is 10.6. The van der Waals surface area contributed by atoms with E-state index >= 15 is 0 Å². The number of amidine groups is 1. The molecular formula is C11H16N2O5. The number of hydroxylamine groups is 2. The van der Waals surface area contributed by atoms with Gasteiger partial charge in [0, 0.05) is 13.0 Å². The summed E-state index contributed by atoms with van der Waals surface area (Å²) in [7, 11) is 4.14. The number of ether oxygens (including phenoxy) is 2. The van der Waals surface area contributed by atoms with E-state index in [1.165, 1.54) is 19.3 Å². The number of hydrogen-bond acceptors (Lipinski definition) is 7. The van der Waals surface area contributed by atoms with Crippen molar-refractivity contribution < 1.29 is 23.9 Å². The van der Waals surface area contributed by atoms with Gasteiger partial charge in [-0.2, -0.15) is 0 Å². The molecule has 1 unspecified atom stereocenters. The lowest BCUT2D eigenvalue weighted by molar-refractivity contribution is -0.205. The van der Waals surface area contributed by atoms with Crippen LogP contribution in [0, 0.1) is 5.92 Å². The van der Waals surface area contributed by atoms with E-state index in [4.69, 9.17) is 4.84 Å². The van der Waals surface area contributed by atoms with Gasteiger partial charge in [-0.15, -0.1) is 0 Å². The van der Waals surface area contributed by atoms with Crippen molar-refractivity contribution in [3.05, 3.63) is 0 Å². The summed E-state index contributed by atoms with van der Waals surface area (Å²) in [5, 5.41) is 1.44. The van der Waals surface area contributed by atoms with Gasteiger partial charge in [-0.05, 0) is 12.8 Å². The molecular weight excluding hydrogens is 240 g/mol. The highest BCUT2D eigenvalue weighted by Gasteiger charge is 2.52. The summed E-state index contributed by atoms with van der Waals surface area (Å²) in [6.07, 6.45) is 1.74. The second-order valence-corrected chi connectivity index (χ2v) is 4.36. The molecule has 1 atom stereocenters. The number of rotatable bonds is 4. The summed E-state index contributed by atoms with van der Waals surface area (Å²) in [5.41, 5.74) is -1.63. The fraction of sp³-hybridized carbons (Fsp3) is 0.727. The van der Waals surface area contributed by atoms with Gasteiger partial charge in [-0.1, -0.05) is 0 Å². The number of esters is 2. The van der Waals surface area contributed by atoms with Crippen molar-refractivity contribution >= 4 is 17.8 Å². The van der Waals surface area contributed by atoms with Crippen LogP contribution in [-0.4, -0.2) is 49.8 Å². The van der Waals surface area contributed by atoms with Crippen LogP contribution in [0.15, 0.2) is 4.99 Å². The minimum absolute atomic E-state index is 0.295. The largest absolute Gasteiger partial charge is 0.469 e. The number of methoxy groups -OCH3 is 2. The Bertz CT molecular complexity index is 404. The molecule has 0 aromatic heterocycles. The van der Waals surface area contributed by atoms with Crippen LogP contribution in [0.25, 0.3) is 0 Å². The Morgan fingerprint density at radius 2 is 2.11 bits per heavy atom. The summed E-state index contributed by atoms with van der Waals surface area (Å²) >= 11 is 0. The fourth-order valence-electron chi connectivity index (χ4n) is 1.89. The van der Waals surface area contributed by atoms with Crippen molar-refractivity contribution in [2.45, 2.75) is 25.0 Å². The molecule has 0 aromatic carbocycles. The molecule has 0 aromatic rings. The molecule has 0 radical (unpaired) electrons. The van der Waals surface area contributed by atoms with Crippen LogP contribution in [0.3, 0.4) is 0 Å². The molecule has 18 heavy (non-hydrogen) atoms. The molecule has 0 bridgehead atoms. The highest BCUT2D eigenvalue weighted by atomic mass is 16.7. The van der Waals surface area contributed by atoms with E-state index in [1.807, 2.05) is 0 Å². The number of aliphatic imine (C=N–C) groups is 1. The van der Waals surface area contributed by atoms with Gasteiger partial charge in [-0.3, -0.25) is 4.79 Å². The Labute approximate surface area is 105 Å². The Hall–Kier alpha value is -1.63. The summed E-state index contributed by atoms with van der Waals surface area (Å²) in [4.78, 5) is 32.9. The van der Waals surface area contributed by atoms with Gasteiger partial charge in [0.15, 0.2) is 0 Å². The van der Waals surface area contributed by atoms with E-state index in [0.29, 0.717) is 11.8 Å². The Balaban J connectivity index is 2.26. The molecule has 1 heterocycles. The molecule has 2 aliphatic rings. The standard InChI is InChI=1S/C11H16N2O5/c1-13-9(7-4-5-7)12-11(18-13,10(15)17-3)6-8(14)16-2/h7H,4-6H2,1-3H3. The molecule has 0 spiro atoms. The van der Waals surface area contributed by atoms with Crippen molar-refractivity contribution in [2.75, 3.05) is 21.3 Å². The molecule has 0 N–H and O–H groups in total. The molecule has 1 fully saturated rings. The van der Waals surface area contributed by atoms with Crippen molar-refractivity contribution in [1.82, 2.24) is 5.06 Å². The molecule has 1 aliphatic heterocycles. The molecule has 0 saturated heterocycles. The maximum atomic E-state index is 11.8. The van der Waals surface area contributed by atoms with Crippen LogP contribution in [0.1, 0.15) is 19.3 Å². The molecule has 1 saturated carbocycles. The number of hydrogen-bond donors (Lipinski definition) is 0. The lowest BCUT2D eigenvalue weighted by Gasteiger charge is -2.22. The second kappa shape index (κ2) is 4.56. The van der Waals surface area contributed by atoms with Gasteiger partial charge < -0.3 is 9.47 Å². The van der Waals surface area contributed by atoms with E-state index in [0.717, 1.165) is 12.8 Å². The van der Waals surface area contributed by atoms with E-state index in [2.05, 4.69) is 14.5 Å². The monoisotopic (exact) mass is 256 g/mol. The highest BCUT2D eigenvalue weighted by Crippen LogP contribution is 2.38. The maximum absolute atomic E-state index is 11.8. The Kier molecular flexibility index (Phi) is 3.25. The van der Waals surface area contributed by atoms with Gasteiger partial charge in [0.1, 0.15) is 12.3 Å². The van der Waals surface area contributed by atoms with Crippen molar-refractivity contribution in [3.63, 3.8) is 0 Å². The minimum atomic E-state index is -1.63. The maximum Gasteiger partial charge on any atom is 0.364 e. The molecule has 1 aliphatic carbocycles. The highest BCUT2D eigenvalue weighted by molar-refractivity contribution is 5.94. The second-order valence-electron chi connectivity index (χ2n) is 4.36. The summed E-state index contributed by atoms with van der Waals surface area (Å²) < 4.78 is 9.24. The molecule has 7 heteroatoms. The smallest absolute Gasteiger partial charge is 0.364 e. The van der Waals surface area contributed by atoms with Crippen molar-refractivity contribution in [1.29, 1.82) is 0 Å². The quantitative estimate of drug-likeness (QED) is 0.664. The van der Waals surface area contributed by atoms with Crippen LogP contribution < -0.4 is 0 Å². The number of carbonyl (C=O) groups is 2. The summed E-state index contributed by atoms with van der Waals surface area (Å²) in [6.45, 7) is 0. The van der Waals surface area contributed by atoms with Crippen molar-refractivity contribution in [3.8, 4) is 0 Å². The van der Waals surface area contributed by atoms with E-state index < -0.39 is 17.7 Å². The van der Waals surface area contributed by atoms with Gasteiger partial charge in [0.2, 0.25) is 0 Å². The normalized spacial score (nSPS) is 26.8. The first kappa shape index (κ1) is 12.8. The van der Waals surface area contributed by atoms with Gasteiger partial charge in [-0.25, -0.2) is 19.7 Å². The van der Waals surface area contributed by atoms with Crippen LogP contribution in [0.5, 0.6) is 0 Å². The predicted octanol–water partition coefficient (Wildman–Crippen LogP) is 0.104. The average molecular weight is 256 g/mol. The van der Waals surface area contributed by atoms with Crippen LogP contribution in [0.4, 0.5) is 0 Å². The third-order valence-electron chi connectivity index (χ3n) is 2.96. The zero-order chi connectivity index (χ0) is 13.3. The summed E-state index contributed by atoms with van der Waals surface area (Å²) in [5.74, 6) is -0.284. The van der Waals surface area contributed by atoms with Crippen LogP contribution in [0.2, 0.25) is 0 Å². The first-order valence-corrected chi connectivity index (χ1v) is 5.70. The first-order valence-electron chi connectivity index (χ1n) is 5.70. The zero-order valence-corrected chi connectivity index (χ0v) is 10.6. The first-order chi connectivity index (χ1) is 8.52. The van der Waals surface area contributed by atoms with E-state index in [1.54, 1.807) is 7.05 Å². The molecule has 0 amide bonds. The fourth-order valence-corrected chi connectivity index (χ4v) is 1.89. The Morgan fingerprint density at radius 1 is 1.44 bits per heavy atom. The number of nitrogens with zero attached hydrogens (tertiary/aromatic N) is 2. The van der Waals surface area contributed by atoms with E-state index in [9.17, 15) is 9.59 Å². The average Bonchev–Trinajstić information content (AvgIpc) is 3.14. The van der Waals surface area contributed by atoms with E-state index in [-0.39, 0.29) is 6.42 Å². The lowest BCUT2D eigenvalue weighted by atomic mass is 10.1. The van der Waals surface area contributed by atoms with Crippen LogP contribution in [-0.2, 0) is 23.9 Å². The predicted molar refractivity (Wildman–Crippen MR) is 60.4 cm³/mol. The topological polar surface area (TPSA) is 77.4 Å². The van der Waals surface area contributed by atoms with Crippen LogP contribution >= 0.6 is 0 Å². The van der Waals surface area contributed by atoms with Gasteiger partial charge in [0.25, 0.3) is 5.72 Å². The van der Waals surface area contributed by atoms with Gasteiger partial charge >= 0.3 is 11.9 Å². The SMILES string of the molecule is COC(=O)CC1(C(=O)OC)N=C(C2CC2)N(C)O1. The number of carbonyl (C=O) groups excluding carboxylic acids is 2. The summed E-state index contributed by atoms with van der Waals surface area (Å²) in [6, 6.07) is 0. The molecule has 2 rings (SSSR count). The Morgan fingerprint density at radius 3 is 2.61 bits per heavy atom. The van der Waals surface area contributed by atoms with Gasteiger partial charge in [0.05, 0.1) is 14.2 Å².